The number of rotatable bonds is 5. The van der Waals surface area contributed by atoms with E-state index in [9.17, 15) is 4.79 Å². The van der Waals surface area contributed by atoms with Crippen molar-refractivity contribution in [1.82, 2.24) is 24.5 Å². The van der Waals surface area contributed by atoms with E-state index in [1.54, 1.807) is 6.20 Å². The van der Waals surface area contributed by atoms with Crippen LogP contribution < -0.4 is 5.32 Å². The van der Waals surface area contributed by atoms with Gasteiger partial charge in [-0.15, -0.1) is 0 Å². The topological polar surface area (TPSA) is 52.9 Å². The van der Waals surface area contributed by atoms with Crippen LogP contribution in [0.1, 0.15) is 16.9 Å². The minimum absolute atomic E-state index is 0.0953. The molecule has 1 aliphatic rings. The molecule has 0 aliphatic carbocycles. The first kappa shape index (κ1) is 15.0. The first-order valence-electron chi connectivity index (χ1n) is 7.85. The molecule has 1 N–H and O–H groups in total. The minimum Gasteiger partial charge on any atom is -0.351 e. The van der Waals surface area contributed by atoms with Crippen LogP contribution in [0.4, 0.5) is 0 Å². The van der Waals surface area contributed by atoms with Crippen LogP contribution in [0, 0.1) is 0 Å². The summed E-state index contributed by atoms with van der Waals surface area (Å²) in [6, 6.07) is 5.73. The Kier molecular flexibility index (Phi) is 4.70. The summed E-state index contributed by atoms with van der Waals surface area (Å²) in [5.41, 5.74) is 1.27. The third-order valence-corrected chi connectivity index (χ3v) is 4.13. The summed E-state index contributed by atoms with van der Waals surface area (Å²) >= 11 is 0. The molecule has 2 aromatic heterocycles. The highest BCUT2D eigenvalue weighted by Gasteiger charge is 2.13. The van der Waals surface area contributed by atoms with Gasteiger partial charge in [0.15, 0.2) is 0 Å². The van der Waals surface area contributed by atoms with Crippen LogP contribution in [-0.4, -0.2) is 71.4 Å². The molecule has 0 atom stereocenters. The average molecular weight is 301 g/mol. The number of fused-ring (bicyclic) bond motifs is 1. The van der Waals surface area contributed by atoms with Crippen LogP contribution in [-0.2, 0) is 0 Å². The van der Waals surface area contributed by atoms with Crippen molar-refractivity contribution in [3.63, 3.8) is 0 Å². The molecule has 2 aromatic rings. The molecule has 0 aromatic carbocycles. The van der Waals surface area contributed by atoms with E-state index < -0.39 is 0 Å². The van der Waals surface area contributed by atoms with Gasteiger partial charge in [-0.25, -0.2) is 4.98 Å². The Hall–Kier alpha value is -1.92. The van der Waals surface area contributed by atoms with Crippen molar-refractivity contribution in [2.75, 3.05) is 46.3 Å². The Morgan fingerprint density at radius 3 is 2.86 bits per heavy atom. The number of nitrogens with one attached hydrogen (secondary N) is 1. The van der Waals surface area contributed by atoms with Gasteiger partial charge in [-0.05, 0) is 32.1 Å². The maximum atomic E-state index is 12.1. The van der Waals surface area contributed by atoms with Gasteiger partial charge in [0, 0.05) is 45.1 Å². The zero-order valence-corrected chi connectivity index (χ0v) is 13.0. The van der Waals surface area contributed by atoms with Crippen molar-refractivity contribution >= 4 is 11.6 Å². The molecular weight excluding hydrogens is 278 g/mol. The van der Waals surface area contributed by atoms with Gasteiger partial charge in [0.25, 0.3) is 5.91 Å². The molecule has 0 bridgehead atoms. The Morgan fingerprint density at radius 1 is 1.27 bits per heavy atom. The number of aromatic nitrogens is 2. The third-order valence-electron chi connectivity index (χ3n) is 4.13. The molecular formula is C16H23N5O. The fourth-order valence-electron chi connectivity index (χ4n) is 2.71. The molecule has 0 saturated carbocycles. The van der Waals surface area contributed by atoms with E-state index in [-0.39, 0.29) is 5.91 Å². The average Bonchev–Trinajstić information content (AvgIpc) is 2.97. The number of imidazole rings is 1. The lowest BCUT2D eigenvalue weighted by molar-refractivity contribution is 0.0945. The standard InChI is InChI=1S/C16H23N5O/c1-19-9-11-20(12-10-19)7-4-6-17-16(22)14-13-21-8-3-2-5-15(21)18-14/h2-3,5,8,13H,4,6-7,9-12H2,1H3,(H,17,22). The number of hydrogen-bond donors (Lipinski definition) is 1. The zero-order valence-electron chi connectivity index (χ0n) is 13.0. The second kappa shape index (κ2) is 6.89. The Morgan fingerprint density at radius 2 is 2.09 bits per heavy atom. The molecule has 1 aliphatic heterocycles. The third kappa shape index (κ3) is 3.64. The minimum atomic E-state index is -0.0953. The molecule has 0 unspecified atom stereocenters. The van der Waals surface area contributed by atoms with E-state index in [0.717, 1.165) is 44.8 Å². The summed E-state index contributed by atoms with van der Waals surface area (Å²) in [4.78, 5) is 21.2. The predicted octanol–water partition coefficient (Wildman–Crippen LogP) is 0.702. The number of carbonyl (C=O) groups is 1. The fourth-order valence-corrected chi connectivity index (χ4v) is 2.71. The molecule has 1 saturated heterocycles. The molecule has 22 heavy (non-hydrogen) atoms. The molecule has 0 spiro atoms. The van der Waals surface area contributed by atoms with Crippen LogP contribution in [0.15, 0.2) is 30.6 Å². The number of nitrogens with zero attached hydrogens (tertiary/aromatic N) is 4. The van der Waals surface area contributed by atoms with Crippen molar-refractivity contribution in [3.05, 3.63) is 36.3 Å². The quantitative estimate of drug-likeness (QED) is 0.826. The van der Waals surface area contributed by atoms with Crippen molar-refractivity contribution in [3.8, 4) is 0 Å². The summed E-state index contributed by atoms with van der Waals surface area (Å²) in [6.07, 6.45) is 4.64. The first-order chi connectivity index (χ1) is 10.7. The molecule has 3 rings (SSSR count). The summed E-state index contributed by atoms with van der Waals surface area (Å²) in [5.74, 6) is -0.0953. The number of hydrogen-bond acceptors (Lipinski definition) is 4. The highest BCUT2D eigenvalue weighted by molar-refractivity contribution is 5.92. The van der Waals surface area contributed by atoms with Gasteiger partial charge in [-0.3, -0.25) is 4.79 Å². The van der Waals surface area contributed by atoms with Crippen molar-refractivity contribution < 1.29 is 4.79 Å². The lowest BCUT2D eigenvalue weighted by atomic mass is 10.3. The smallest absolute Gasteiger partial charge is 0.271 e. The highest BCUT2D eigenvalue weighted by Crippen LogP contribution is 2.04. The Balaban J connectivity index is 1.42. The summed E-state index contributed by atoms with van der Waals surface area (Å²) < 4.78 is 1.86. The van der Waals surface area contributed by atoms with Gasteiger partial charge in [0.05, 0.1) is 0 Å². The Bertz CT molecular complexity index is 597. The fraction of sp³-hybridized carbons (Fsp3) is 0.500. The second-order valence-electron chi connectivity index (χ2n) is 5.85. The molecule has 0 radical (unpaired) electrons. The van der Waals surface area contributed by atoms with Gasteiger partial charge in [0.2, 0.25) is 0 Å². The van der Waals surface area contributed by atoms with Gasteiger partial charge in [-0.1, -0.05) is 6.07 Å². The molecule has 3 heterocycles. The first-order valence-corrected chi connectivity index (χ1v) is 7.85. The van der Waals surface area contributed by atoms with Crippen LogP contribution in [0.25, 0.3) is 5.65 Å². The molecule has 118 valence electrons. The maximum absolute atomic E-state index is 12.1. The van der Waals surface area contributed by atoms with E-state index in [4.69, 9.17) is 0 Å². The summed E-state index contributed by atoms with van der Waals surface area (Å²) in [6.45, 7) is 6.24. The van der Waals surface area contributed by atoms with E-state index in [0.29, 0.717) is 12.2 Å². The molecule has 1 fully saturated rings. The highest BCUT2D eigenvalue weighted by atomic mass is 16.1. The summed E-state index contributed by atoms with van der Waals surface area (Å²) in [7, 11) is 2.16. The molecule has 6 nitrogen and oxygen atoms in total. The SMILES string of the molecule is CN1CCN(CCCNC(=O)c2cn3ccccc3n2)CC1. The predicted molar refractivity (Wildman–Crippen MR) is 86.1 cm³/mol. The largest absolute Gasteiger partial charge is 0.351 e. The molecule has 6 heteroatoms. The van der Waals surface area contributed by atoms with Crippen LogP contribution >= 0.6 is 0 Å². The lowest BCUT2D eigenvalue weighted by Crippen LogP contribution is -2.45. The van der Waals surface area contributed by atoms with Crippen LogP contribution in [0.3, 0.4) is 0 Å². The van der Waals surface area contributed by atoms with E-state index in [1.165, 1.54) is 0 Å². The monoisotopic (exact) mass is 301 g/mol. The van der Waals surface area contributed by atoms with E-state index >= 15 is 0 Å². The molecule has 1 amide bonds. The number of carbonyl (C=O) groups excluding carboxylic acids is 1. The van der Waals surface area contributed by atoms with Crippen molar-refractivity contribution in [1.29, 1.82) is 0 Å². The maximum Gasteiger partial charge on any atom is 0.271 e. The van der Waals surface area contributed by atoms with Gasteiger partial charge in [0.1, 0.15) is 11.3 Å². The van der Waals surface area contributed by atoms with Gasteiger partial charge < -0.3 is 19.5 Å². The lowest BCUT2D eigenvalue weighted by Gasteiger charge is -2.32. The van der Waals surface area contributed by atoms with E-state index in [2.05, 4.69) is 27.1 Å². The van der Waals surface area contributed by atoms with Gasteiger partial charge in [-0.2, -0.15) is 0 Å². The normalized spacial score (nSPS) is 17.0. The Labute approximate surface area is 130 Å². The van der Waals surface area contributed by atoms with Crippen molar-refractivity contribution in [2.24, 2.45) is 0 Å². The number of pyridine rings is 1. The summed E-state index contributed by atoms with van der Waals surface area (Å²) in [5, 5.41) is 2.96. The van der Waals surface area contributed by atoms with Gasteiger partial charge >= 0.3 is 0 Å². The number of amides is 1. The number of likely N-dealkylation sites (N-methyl/N-ethyl adjacent to an activating group) is 1. The van der Waals surface area contributed by atoms with Crippen LogP contribution in [0.5, 0.6) is 0 Å². The van der Waals surface area contributed by atoms with E-state index in [1.807, 2.05) is 28.8 Å². The van der Waals surface area contributed by atoms with Crippen molar-refractivity contribution in [2.45, 2.75) is 6.42 Å². The second-order valence-corrected chi connectivity index (χ2v) is 5.85. The van der Waals surface area contributed by atoms with Crippen LogP contribution in [0.2, 0.25) is 0 Å². The number of piperazine rings is 1. The zero-order chi connectivity index (χ0) is 15.4.